The van der Waals surface area contributed by atoms with Crippen LogP contribution in [0.25, 0.3) is 6.08 Å². The number of hydrogen-bond donors (Lipinski definition) is 0. The molecule has 0 bridgehead atoms. The summed E-state index contributed by atoms with van der Waals surface area (Å²) in [6.45, 7) is 1.02. The molecule has 0 N–H and O–H groups in total. The van der Waals surface area contributed by atoms with Crippen LogP contribution in [0, 0.1) is 0 Å². The fraction of sp³-hybridized carbons (Fsp3) is 0.0800. The molecule has 148 valence electrons. The lowest BCUT2D eigenvalue weighted by molar-refractivity contribution is 0.104. The van der Waals surface area contributed by atoms with Gasteiger partial charge in [-0.25, -0.2) is 4.68 Å². The molecule has 0 amide bonds. The number of hydrogen-bond acceptors (Lipinski definition) is 4. The van der Waals surface area contributed by atoms with E-state index < -0.39 is 0 Å². The van der Waals surface area contributed by atoms with Gasteiger partial charge in [-0.3, -0.25) is 4.79 Å². The second kappa shape index (κ2) is 9.47. The lowest BCUT2D eigenvalue weighted by atomic mass is 10.1. The predicted molar refractivity (Wildman–Crippen MR) is 116 cm³/mol. The number of carbonyl (C=O) groups excluding carboxylic acids is 1. The van der Waals surface area contributed by atoms with Gasteiger partial charge >= 0.3 is 0 Å². The first kappa shape index (κ1) is 19.3. The van der Waals surface area contributed by atoms with Crippen LogP contribution in [0.15, 0.2) is 97.2 Å². The molecule has 5 heteroatoms. The summed E-state index contributed by atoms with van der Waals surface area (Å²) in [6, 6.07) is 26.9. The van der Waals surface area contributed by atoms with Gasteiger partial charge in [0.05, 0.1) is 12.7 Å². The molecule has 1 aromatic heterocycles. The average Bonchev–Trinajstić information content (AvgIpc) is 3.25. The fourth-order valence-corrected chi connectivity index (χ4v) is 2.96. The number of rotatable bonds is 8. The van der Waals surface area contributed by atoms with E-state index in [1.165, 1.54) is 5.56 Å². The molecule has 1 heterocycles. The Morgan fingerprint density at radius 3 is 2.33 bits per heavy atom. The highest BCUT2D eigenvalue weighted by molar-refractivity contribution is 6.06. The molecule has 0 spiro atoms. The van der Waals surface area contributed by atoms with Crippen LogP contribution in [0.3, 0.4) is 0 Å². The fourth-order valence-electron chi connectivity index (χ4n) is 2.96. The number of carbonyl (C=O) groups is 1. The summed E-state index contributed by atoms with van der Waals surface area (Å²) in [5.41, 5.74) is 3.54. The lowest BCUT2D eigenvalue weighted by Crippen LogP contribution is -2.00. The van der Waals surface area contributed by atoms with Gasteiger partial charge in [-0.2, -0.15) is 0 Å². The molecule has 0 fully saturated rings. The van der Waals surface area contributed by atoms with Gasteiger partial charge in [0.1, 0.15) is 18.1 Å². The third-order valence-electron chi connectivity index (χ3n) is 4.53. The Bertz CT molecular complexity index is 1120. The average molecular weight is 395 g/mol. The zero-order valence-electron chi connectivity index (χ0n) is 16.4. The topological polar surface area (TPSA) is 57.0 Å². The monoisotopic (exact) mass is 395 g/mol. The first-order chi connectivity index (χ1) is 14.8. The van der Waals surface area contributed by atoms with Gasteiger partial charge in [0, 0.05) is 5.56 Å². The molecule has 0 aliphatic rings. The van der Waals surface area contributed by atoms with Crippen molar-refractivity contribution >= 4 is 11.9 Å². The molecular weight excluding hydrogens is 374 g/mol. The lowest BCUT2D eigenvalue weighted by Gasteiger charge is -2.04. The van der Waals surface area contributed by atoms with Gasteiger partial charge in [-0.05, 0) is 29.3 Å². The van der Waals surface area contributed by atoms with Crippen LogP contribution in [0.1, 0.15) is 27.2 Å². The Balaban J connectivity index is 1.30. The first-order valence-electron chi connectivity index (χ1n) is 9.69. The Morgan fingerprint density at radius 1 is 0.900 bits per heavy atom. The molecule has 0 unspecified atom stereocenters. The maximum Gasteiger partial charge on any atom is 0.185 e. The third-order valence-corrected chi connectivity index (χ3v) is 4.53. The molecule has 0 atom stereocenters. The van der Waals surface area contributed by atoms with E-state index in [9.17, 15) is 4.79 Å². The first-order valence-corrected chi connectivity index (χ1v) is 9.69. The SMILES string of the molecule is O=C(C=Cc1ccc(OCc2cn(Cc3ccccc3)nn2)cc1)c1ccccc1. The standard InChI is InChI=1S/C25H21N3O2/c29-25(22-9-5-2-6-10-22)16-13-20-11-14-24(15-12-20)30-19-23-18-28(27-26-23)17-21-7-3-1-4-8-21/h1-16,18H,17,19H2. The Kier molecular flexibility index (Phi) is 6.11. The van der Waals surface area contributed by atoms with Gasteiger partial charge in [0.25, 0.3) is 0 Å². The Labute approximate surface area is 175 Å². The molecule has 0 aliphatic carbocycles. The second-order valence-electron chi connectivity index (χ2n) is 6.81. The molecule has 5 nitrogen and oxygen atoms in total. The molecule has 0 aliphatic heterocycles. The molecule has 0 saturated carbocycles. The van der Waals surface area contributed by atoms with Crippen LogP contribution in [0.5, 0.6) is 5.75 Å². The number of aromatic nitrogens is 3. The van der Waals surface area contributed by atoms with Gasteiger partial charge < -0.3 is 4.74 Å². The zero-order chi connectivity index (χ0) is 20.6. The van der Waals surface area contributed by atoms with Crippen molar-refractivity contribution in [2.75, 3.05) is 0 Å². The van der Waals surface area contributed by atoms with E-state index in [1.54, 1.807) is 29.0 Å². The Morgan fingerprint density at radius 2 is 1.60 bits per heavy atom. The minimum Gasteiger partial charge on any atom is -0.487 e. The maximum absolute atomic E-state index is 12.1. The van der Waals surface area contributed by atoms with Gasteiger partial charge in [-0.15, -0.1) is 5.10 Å². The van der Waals surface area contributed by atoms with Gasteiger partial charge in [0.15, 0.2) is 5.78 Å². The number of ether oxygens (including phenoxy) is 1. The number of ketones is 1. The van der Waals surface area contributed by atoms with Crippen LogP contribution in [-0.2, 0) is 13.2 Å². The number of allylic oxidation sites excluding steroid dienone is 1. The van der Waals surface area contributed by atoms with E-state index in [0.29, 0.717) is 18.7 Å². The summed E-state index contributed by atoms with van der Waals surface area (Å²) in [7, 11) is 0. The van der Waals surface area contributed by atoms with Crippen molar-refractivity contribution < 1.29 is 9.53 Å². The van der Waals surface area contributed by atoms with Crippen molar-refractivity contribution in [2.24, 2.45) is 0 Å². The Hall–Kier alpha value is -3.99. The molecule has 0 saturated heterocycles. The van der Waals surface area contributed by atoms with E-state index in [0.717, 1.165) is 17.0 Å². The minimum absolute atomic E-state index is 0.0190. The van der Waals surface area contributed by atoms with Crippen LogP contribution < -0.4 is 4.74 Å². The molecule has 3 aromatic carbocycles. The second-order valence-corrected chi connectivity index (χ2v) is 6.81. The van der Waals surface area contributed by atoms with Crippen LogP contribution in [-0.4, -0.2) is 20.8 Å². The highest BCUT2D eigenvalue weighted by atomic mass is 16.5. The smallest absolute Gasteiger partial charge is 0.185 e. The quantitative estimate of drug-likeness (QED) is 0.318. The minimum atomic E-state index is -0.0190. The van der Waals surface area contributed by atoms with Crippen molar-refractivity contribution in [3.8, 4) is 5.75 Å². The van der Waals surface area contributed by atoms with Crippen LogP contribution in [0.4, 0.5) is 0 Å². The van der Waals surface area contributed by atoms with E-state index in [2.05, 4.69) is 22.4 Å². The van der Waals surface area contributed by atoms with E-state index in [4.69, 9.17) is 4.74 Å². The van der Waals surface area contributed by atoms with E-state index >= 15 is 0 Å². The van der Waals surface area contributed by atoms with Crippen LogP contribution >= 0.6 is 0 Å². The predicted octanol–water partition coefficient (Wildman–Crippen LogP) is 4.80. The summed E-state index contributed by atoms with van der Waals surface area (Å²) >= 11 is 0. The molecular formula is C25H21N3O2. The molecule has 4 aromatic rings. The number of nitrogens with zero attached hydrogens (tertiary/aromatic N) is 3. The normalized spacial score (nSPS) is 10.9. The highest BCUT2D eigenvalue weighted by Gasteiger charge is 2.04. The molecule has 0 radical (unpaired) electrons. The van der Waals surface area contributed by atoms with Gasteiger partial charge in [0.2, 0.25) is 0 Å². The maximum atomic E-state index is 12.1. The third kappa shape index (κ3) is 5.29. The highest BCUT2D eigenvalue weighted by Crippen LogP contribution is 2.15. The van der Waals surface area contributed by atoms with Crippen molar-refractivity contribution in [3.63, 3.8) is 0 Å². The van der Waals surface area contributed by atoms with E-state index in [-0.39, 0.29) is 5.78 Å². The van der Waals surface area contributed by atoms with Crippen molar-refractivity contribution in [2.45, 2.75) is 13.2 Å². The van der Waals surface area contributed by atoms with Gasteiger partial charge in [-0.1, -0.05) is 84.1 Å². The largest absolute Gasteiger partial charge is 0.487 e. The van der Waals surface area contributed by atoms with Crippen molar-refractivity contribution in [3.05, 3.63) is 120 Å². The van der Waals surface area contributed by atoms with Crippen molar-refractivity contribution in [1.29, 1.82) is 0 Å². The van der Waals surface area contributed by atoms with E-state index in [1.807, 2.05) is 66.9 Å². The van der Waals surface area contributed by atoms with Crippen LogP contribution in [0.2, 0.25) is 0 Å². The summed E-state index contributed by atoms with van der Waals surface area (Å²) in [6.07, 6.45) is 5.27. The zero-order valence-corrected chi connectivity index (χ0v) is 16.4. The summed E-state index contributed by atoms with van der Waals surface area (Å²) in [5, 5.41) is 8.31. The molecule has 30 heavy (non-hydrogen) atoms. The summed E-state index contributed by atoms with van der Waals surface area (Å²) < 4.78 is 7.60. The van der Waals surface area contributed by atoms with Crippen molar-refractivity contribution in [1.82, 2.24) is 15.0 Å². The summed E-state index contributed by atoms with van der Waals surface area (Å²) in [5.74, 6) is 0.716. The molecule has 4 rings (SSSR count). The number of benzene rings is 3. The summed E-state index contributed by atoms with van der Waals surface area (Å²) in [4.78, 5) is 12.1.